The van der Waals surface area contributed by atoms with Crippen LogP contribution < -0.4 is 10.4 Å². The fourth-order valence-corrected chi connectivity index (χ4v) is 1.99. The third kappa shape index (κ3) is 1.48. The van der Waals surface area contributed by atoms with Crippen LogP contribution in [0.4, 0.5) is 0 Å². The molecule has 0 aromatic heterocycles. The van der Waals surface area contributed by atoms with Crippen molar-refractivity contribution in [2.75, 3.05) is 0 Å². The fourth-order valence-electron chi connectivity index (χ4n) is 1.35. The van der Waals surface area contributed by atoms with Gasteiger partial charge in [0.05, 0.1) is 0 Å². The van der Waals surface area contributed by atoms with E-state index in [4.69, 9.17) is 0 Å². The van der Waals surface area contributed by atoms with Gasteiger partial charge in [-0.3, -0.25) is 0 Å². The van der Waals surface area contributed by atoms with Gasteiger partial charge in [0.25, 0.3) is 0 Å². The van der Waals surface area contributed by atoms with Crippen molar-refractivity contribution in [1.29, 1.82) is 0 Å². The Hall–Kier alpha value is -0.310. The summed E-state index contributed by atoms with van der Waals surface area (Å²) in [4.78, 5) is 0. The van der Waals surface area contributed by atoms with Crippen molar-refractivity contribution < 1.29 is 0 Å². The average molecular weight is 256 g/mol. The maximum atomic E-state index is 2.47. The lowest BCUT2D eigenvalue weighted by atomic mass is 10.1. The Labute approximate surface area is 79.8 Å². The minimum Gasteiger partial charge on any atom is -0.0777 e. The molecule has 0 radical (unpaired) electrons. The van der Waals surface area contributed by atoms with Crippen molar-refractivity contribution in [3.63, 3.8) is 0 Å². The first kappa shape index (κ1) is 7.35. The van der Waals surface area contributed by atoms with E-state index in [0.717, 1.165) is 0 Å². The number of benzene rings is 1. The molecule has 0 nitrogen and oxygen atoms in total. The molecule has 1 heteroatoms. The normalized spacial score (nSPS) is 21.4. The molecule has 0 saturated carbocycles. The lowest BCUT2D eigenvalue weighted by molar-refractivity contribution is 1.17. The van der Waals surface area contributed by atoms with Crippen LogP contribution >= 0.6 is 22.6 Å². The summed E-state index contributed by atoms with van der Waals surface area (Å²) in [6, 6.07) is 8.54. The molecule has 1 aromatic rings. The highest BCUT2D eigenvalue weighted by Gasteiger charge is 2.00. The predicted molar refractivity (Wildman–Crippen MR) is 57.0 cm³/mol. The van der Waals surface area contributed by atoms with Gasteiger partial charge in [0.1, 0.15) is 0 Å². The molecule has 0 spiro atoms. The van der Waals surface area contributed by atoms with E-state index in [0.29, 0.717) is 3.92 Å². The van der Waals surface area contributed by atoms with Crippen LogP contribution in [-0.4, -0.2) is 3.92 Å². The van der Waals surface area contributed by atoms with Crippen molar-refractivity contribution >= 4 is 34.7 Å². The van der Waals surface area contributed by atoms with Gasteiger partial charge in [-0.1, -0.05) is 59.0 Å². The van der Waals surface area contributed by atoms with Gasteiger partial charge in [-0.05, 0) is 16.9 Å². The molecule has 1 aromatic carbocycles. The molecule has 0 fully saturated rings. The molecule has 11 heavy (non-hydrogen) atoms. The van der Waals surface area contributed by atoms with E-state index in [1.165, 1.54) is 16.9 Å². The number of halogens is 1. The standard InChI is InChI=1S/C10H9I/c11-10-6-5-8-3-1-2-4-9(8)7-10/h1-5,7,10H,6H2. The Kier molecular flexibility index (Phi) is 1.98. The van der Waals surface area contributed by atoms with Gasteiger partial charge in [-0.25, -0.2) is 0 Å². The zero-order valence-corrected chi connectivity index (χ0v) is 8.28. The van der Waals surface area contributed by atoms with Crippen LogP contribution in [0, 0.1) is 0 Å². The van der Waals surface area contributed by atoms with Crippen molar-refractivity contribution in [3.05, 3.63) is 34.7 Å². The van der Waals surface area contributed by atoms with Gasteiger partial charge in [0, 0.05) is 3.92 Å². The lowest BCUT2D eigenvalue weighted by Crippen LogP contribution is -2.28. The summed E-state index contributed by atoms with van der Waals surface area (Å²) in [5.74, 6) is 0. The summed E-state index contributed by atoms with van der Waals surface area (Å²) < 4.78 is 0.683. The Morgan fingerprint density at radius 3 is 2.73 bits per heavy atom. The minimum atomic E-state index is 0.683. The minimum absolute atomic E-state index is 0.683. The first-order chi connectivity index (χ1) is 5.36. The summed E-state index contributed by atoms with van der Waals surface area (Å²) in [6.45, 7) is 0. The Bertz CT molecular complexity index is 365. The molecular formula is C10H9I. The van der Waals surface area contributed by atoms with Gasteiger partial charge in [-0.15, -0.1) is 0 Å². The predicted octanol–water partition coefficient (Wildman–Crippen LogP) is 1.45. The number of rotatable bonds is 0. The first-order valence-corrected chi connectivity index (χ1v) is 5.02. The molecular weight excluding hydrogens is 247 g/mol. The molecule has 1 unspecified atom stereocenters. The fraction of sp³-hybridized carbons (Fsp3) is 0.200. The van der Waals surface area contributed by atoms with Crippen molar-refractivity contribution in [2.24, 2.45) is 0 Å². The molecule has 1 aliphatic rings. The van der Waals surface area contributed by atoms with Gasteiger partial charge in [-0.2, -0.15) is 0 Å². The van der Waals surface area contributed by atoms with E-state index in [-0.39, 0.29) is 0 Å². The van der Waals surface area contributed by atoms with Crippen LogP contribution in [0.5, 0.6) is 0 Å². The van der Waals surface area contributed by atoms with Crippen LogP contribution in [0.15, 0.2) is 24.3 Å². The second kappa shape index (κ2) is 2.97. The number of hydrogen-bond acceptors (Lipinski definition) is 0. The van der Waals surface area contributed by atoms with Crippen LogP contribution in [0.25, 0.3) is 12.2 Å². The molecule has 1 aliphatic carbocycles. The topological polar surface area (TPSA) is 0 Å². The molecule has 0 bridgehead atoms. The van der Waals surface area contributed by atoms with Gasteiger partial charge < -0.3 is 0 Å². The molecule has 1 atom stereocenters. The smallest absolute Gasteiger partial charge is 0.0333 e. The van der Waals surface area contributed by atoms with E-state index in [1.807, 2.05) is 0 Å². The second-order valence-electron chi connectivity index (χ2n) is 2.75. The largest absolute Gasteiger partial charge is 0.0777 e. The average Bonchev–Trinajstić information content (AvgIpc) is 2.04. The van der Waals surface area contributed by atoms with Gasteiger partial charge in [0.2, 0.25) is 0 Å². The summed E-state index contributed by atoms with van der Waals surface area (Å²) >= 11 is 2.47. The zero-order chi connectivity index (χ0) is 7.68. The summed E-state index contributed by atoms with van der Waals surface area (Å²) in [7, 11) is 0. The van der Waals surface area contributed by atoms with Crippen LogP contribution in [0.1, 0.15) is 6.42 Å². The Balaban J connectivity index is 2.73. The van der Waals surface area contributed by atoms with E-state index >= 15 is 0 Å². The van der Waals surface area contributed by atoms with Crippen LogP contribution in [-0.2, 0) is 0 Å². The molecule has 56 valence electrons. The van der Waals surface area contributed by atoms with Crippen molar-refractivity contribution in [3.8, 4) is 0 Å². The molecule has 0 N–H and O–H groups in total. The monoisotopic (exact) mass is 256 g/mol. The van der Waals surface area contributed by atoms with Crippen molar-refractivity contribution in [2.45, 2.75) is 10.3 Å². The quantitative estimate of drug-likeness (QED) is 0.487. The number of alkyl halides is 1. The maximum absolute atomic E-state index is 2.47. The first-order valence-electron chi connectivity index (χ1n) is 3.77. The van der Waals surface area contributed by atoms with E-state index < -0.39 is 0 Å². The maximum Gasteiger partial charge on any atom is 0.0333 e. The lowest BCUT2D eigenvalue weighted by Gasteiger charge is -2.04. The van der Waals surface area contributed by atoms with E-state index in [9.17, 15) is 0 Å². The second-order valence-corrected chi connectivity index (χ2v) is 4.35. The zero-order valence-electron chi connectivity index (χ0n) is 6.13. The molecule has 0 aliphatic heterocycles. The SMILES string of the molecule is IC1C=c2ccccc2=CC1. The van der Waals surface area contributed by atoms with Crippen LogP contribution in [0.2, 0.25) is 0 Å². The molecule has 2 rings (SSSR count). The van der Waals surface area contributed by atoms with Crippen LogP contribution in [0.3, 0.4) is 0 Å². The summed E-state index contributed by atoms with van der Waals surface area (Å²) in [5, 5.41) is 2.78. The Morgan fingerprint density at radius 2 is 1.91 bits per heavy atom. The molecule has 0 saturated heterocycles. The van der Waals surface area contributed by atoms with E-state index in [2.05, 4.69) is 59.0 Å². The molecule has 0 heterocycles. The highest BCUT2D eigenvalue weighted by Crippen LogP contribution is 2.09. The van der Waals surface area contributed by atoms with Gasteiger partial charge >= 0.3 is 0 Å². The summed E-state index contributed by atoms with van der Waals surface area (Å²) in [6.07, 6.45) is 5.82. The van der Waals surface area contributed by atoms with Crippen molar-refractivity contribution in [1.82, 2.24) is 0 Å². The third-order valence-corrected chi connectivity index (χ3v) is 2.79. The van der Waals surface area contributed by atoms with Gasteiger partial charge in [0.15, 0.2) is 0 Å². The molecule has 0 amide bonds. The number of fused-ring (bicyclic) bond motifs is 1. The Morgan fingerprint density at radius 1 is 1.18 bits per heavy atom. The van der Waals surface area contributed by atoms with E-state index in [1.54, 1.807) is 0 Å². The third-order valence-electron chi connectivity index (χ3n) is 1.92. The highest BCUT2D eigenvalue weighted by molar-refractivity contribution is 14.1. The highest BCUT2D eigenvalue weighted by atomic mass is 127. The number of hydrogen-bond donors (Lipinski definition) is 0. The summed E-state index contributed by atoms with van der Waals surface area (Å²) in [5.41, 5.74) is 0.